The third-order valence-electron chi connectivity index (χ3n) is 3.71. The Morgan fingerprint density at radius 2 is 1.92 bits per heavy atom. The average Bonchev–Trinajstić information content (AvgIpc) is 2.91. The van der Waals surface area contributed by atoms with Crippen molar-refractivity contribution >= 4 is 40.1 Å². The summed E-state index contributed by atoms with van der Waals surface area (Å²) in [6.07, 6.45) is 3.48. The topological polar surface area (TPSA) is 66.0 Å². The summed E-state index contributed by atoms with van der Waals surface area (Å²) in [5.41, 5.74) is 2.67. The van der Waals surface area contributed by atoms with Crippen LogP contribution in [0.2, 0.25) is 5.02 Å². The first kappa shape index (κ1) is 15.9. The van der Waals surface area contributed by atoms with Gasteiger partial charge < -0.3 is 9.67 Å². The molecule has 118 valence electrons. The molecule has 2 aromatic carbocycles. The van der Waals surface area contributed by atoms with E-state index in [0.717, 1.165) is 16.5 Å². The minimum Gasteiger partial charge on any atom is -0.480 e. The summed E-state index contributed by atoms with van der Waals surface area (Å²) in [5.74, 6) is -0.919. The van der Waals surface area contributed by atoms with Crippen molar-refractivity contribution in [3.05, 3.63) is 70.9 Å². The molecule has 1 aromatic heterocycles. The van der Waals surface area contributed by atoms with Crippen molar-refractivity contribution < 1.29 is 9.90 Å². The van der Waals surface area contributed by atoms with E-state index in [1.165, 1.54) is 0 Å². The van der Waals surface area contributed by atoms with Crippen molar-refractivity contribution in [2.75, 3.05) is 0 Å². The first-order valence-corrected chi connectivity index (χ1v) is 7.64. The van der Waals surface area contributed by atoms with Gasteiger partial charge in [0.15, 0.2) is 0 Å². The maximum Gasteiger partial charge on any atom is 0.323 e. The molecule has 3 aromatic rings. The van der Waals surface area contributed by atoms with E-state index >= 15 is 0 Å². The summed E-state index contributed by atoms with van der Waals surface area (Å²) in [6.45, 7) is -0.137. The third kappa shape index (κ3) is 3.03. The highest BCUT2D eigenvalue weighted by Gasteiger charge is 2.11. The quantitative estimate of drug-likeness (QED) is 0.716. The number of hydrogen-bond acceptors (Lipinski definition) is 2. The van der Waals surface area contributed by atoms with Gasteiger partial charge in [0.1, 0.15) is 6.54 Å². The van der Waals surface area contributed by atoms with Crippen LogP contribution in [0.4, 0.5) is 0 Å². The van der Waals surface area contributed by atoms with Crippen LogP contribution in [0.1, 0.15) is 11.1 Å². The minimum absolute atomic E-state index is 0.137. The van der Waals surface area contributed by atoms with Crippen molar-refractivity contribution in [3.63, 3.8) is 0 Å². The number of aromatic nitrogens is 1. The number of nitrogens with zero attached hydrogens (tertiary/aromatic N) is 2. The number of carboxylic acids is 1. The number of hydrogen-bond donors (Lipinski definition) is 1. The largest absolute Gasteiger partial charge is 0.480 e. The summed E-state index contributed by atoms with van der Waals surface area (Å²) < 4.78 is 1.66. The summed E-state index contributed by atoms with van der Waals surface area (Å²) in [4.78, 5) is 11.1. The van der Waals surface area contributed by atoms with Gasteiger partial charge in [-0.25, -0.2) is 0 Å². The monoisotopic (exact) mass is 336 g/mol. The predicted octanol–water partition coefficient (Wildman–Crippen LogP) is 4.44. The second-order valence-electron chi connectivity index (χ2n) is 5.27. The summed E-state index contributed by atoms with van der Waals surface area (Å²) in [7, 11) is 0. The van der Waals surface area contributed by atoms with Crippen LogP contribution in [0, 0.1) is 11.3 Å². The third-order valence-corrected chi connectivity index (χ3v) is 4.04. The standard InChI is InChI=1S/C19H13ClN2O2/c20-17-7-3-1-5-15(17)13(10-21)9-14-11-22(12-19(23)24)18-8-4-2-6-16(14)18/h1-9,11H,12H2,(H,23,24). The number of allylic oxidation sites excluding steroid dienone is 1. The Balaban J connectivity index is 2.17. The Bertz CT molecular complexity index is 996. The number of halogens is 1. The molecule has 1 heterocycles. The van der Waals surface area contributed by atoms with E-state index in [0.29, 0.717) is 16.2 Å². The van der Waals surface area contributed by atoms with E-state index in [4.69, 9.17) is 16.7 Å². The normalized spacial score (nSPS) is 11.4. The van der Waals surface area contributed by atoms with Crippen LogP contribution in [0.25, 0.3) is 22.6 Å². The predicted molar refractivity (Wildman–Crippen MR) is 94.5 cm³/mol. The number of carbonyl (C=O) groups is 1. The highest BCUT2D eigenvalue weighted by atomic mass is 35.5. The zero-order chi connectivity index (χ0) is 17.1. The molecular formula is C19H13ClN2O2. The van der Waals surface area contributed by atoms with Gasteiger partial charge in [0.05, 0.1) is 11.6 Å². The molecule has 0 aliphatic rings. The smallest absolute Gasteiger partial charge is 0.323 e. The van der Waals surface area contributed by atoms with Crippen molar-refractivity contribution in [3.8, 4) is 6.07 Å². The summed E-state index contributed by atoms with van der Waals surface area (Å²) in [5, 5.41) is 20.0. The number of nitriles is 1. The van der Waals surface area contributed by atoms with Gasteiger partial charge in [-0.05, 0) is 18.2 Å². The van der Waals surface area contributed by atoms with E-state index in [1.54, 1.807) is 35.0 Å². The van der Waals surface area contributed by atoms with E-state index in [1.807, 2.05) is 30.3 Å². The maximum atomic E-state index is 11.1. The average molecular weight is 337 g/mol. The number of carboxylic acid groups (broad SMARTS) is 1. The molecule has 0 unspecified atom stereocenters. The van der Waals surface area contributed by atoms with Crippen molar-refractivity contribution in [1.82, 2.24) is 4.57 Å². The van der Waals surface area contributed by atoms with E-state index in [-0.39, 0.29) is 6.54 Å². The Hall–Kier alpha value is -3.03. The maximum absolute atomic E-state index is 11.1. The zero-order valence-electron chi connectivity index (χ0n) is 12.6. The Morgan fingerprint density at radius 1 is 1.21 bits per heavy atom. The lowest BCUT2D eigenvalue weighted by Crippen LogP contribution is -2.07. The van der Waals surface area contributed by atoms with E-state index in [9.17, 15) is 10.1 Å². The van der Waals surface area contributed by atoms with E-state index in [2.05, 4.69) is 6.07 Å². The number of fused-ring (bicyclic) bond motifs is 1. The molecule has 0 aliphatic carbocycles. The molecule has 0 atom stereocenters. The molecule has 0 saturated heterocycles. The lowest BCUT2D eigenvalue weighted by molar-refractivity contribution is -0.137. The molecule has 1 N–H and O–H groups in total. The Labute approximate surface area is 143 Å². The van der Waals surface area contributed by atoms with Gasteiger partial charge in [-0.1, -0.05) is 48.0 Å². The van der Waals surface area contributed by atoms with Gasteiger partial charge in [0.2, 0.25) is 0 Å². The Morgan fingerprint density at radius 3 is 2.62 bits per heavy atom. The van der Waals surface area contributed by atoms with Gasteiger partial charge in [-0.2, -0.15) is 5.26 Å². The minimum atomic E-state index is -0.919. The Kier molecular flexibility index (Phi) is 4.37. The molecule has 0 aliphatic heterocycles. The van der Waals surface area contributed by atoms with Crippen molar-refractivity contribution in [2.24, 2.45) is 0 Å². The first-order valence-electron chi connectivity index (χ1n) is 7.26. The molecular weight excluding hydrogens is 324 g/mol. The highest BCUT2D eigenvalue weighted by molar-refractivity contribution is 6.32. The molecule has 0 amide bonds. The lowest BCUT2D eigenvalue weighted by atomic mass is 10.0. The lowest BCUT2D eigenvalue weighted by Gasteiger charge is -2.01. The van der Waals surface area contributed by atoms with Gasteiger partial charge >= 0.3 is 5.97 Å². The molecule has 5 heteroatoms. The summed E-state index contributed by atoms with van der Waals surface area (Å²) in [6, 6.07) is 16.8. The molecule has 0 saturated carbocycles. The van der Waals surface area contributed by atoms with Crippen molar-refractivity contribution in [1.29, 1.82) is 5.26 Å². The fraction of sp³-hybridized carbons (Fsp3) is 0.0526. The number of para-hydroxylation sites is 1. The van der Waals surface area contributed by atoms with Crippen molar-refractivity contribution in [2.45, 2.75) is 6.54 Å². The molecule has 3 rings (SSSR count). The van der Waals surface area contributed by atoms with Crippen LogP contribution in [0.15, 0.2) is 54.7 Å². The van der Waals surface area contributed by atoms with Gasteiger partial charge in [0, 0.05) is 33.2 Å². The number of rotatable bonds is 4. The van der Waals surface area contributed by atoms with Crippen LogP contribution in [-0.2, 0) is 11.3 Å². The van der Waals surface area contributed by atoms with Crippen LogP contribution in [0.3, 0.4) is 0 Å². The second kappa shape index (κ2) is 6.61. The molecule has 24 heavy (non-hydrogen) atoms. The number of benzene rings is 2. The zero-order valence-corrected chi connectivity index (χ0v) is 13.4. The number of aliphatic carboxylic acids is 1. The fourth-order valence-electron chi connectivity index (χ4n) is 2.67. The SMILES string of the molecule is N#CC(=Cc1cn(CC(=O)O)c2ccccc12)c1ccccc1Cl. The van der Waals surface area contributed by atoms with Crippen LogP contribution < -0.4 is 0 Å². The molecule has 0 spiro atoms. The van der Waals surface area contributed by atoms with Gasteiger partial charge in [-0.15, -0.1) is 0 Å². The van der Waals surface area contributed by atoms with Crippen LogP contribution in [0.5, 0.6) is 0 Å². The van der Waals surface area contributed by atoms with Crippen LogP contribution >= 0.6 is 11.6 Å². The molecule has 0 bridgehead atoms. The van der Waals surface area contributed by atoms with Gasteiger partial charge in [0.25, 0.3) is 0 Å². The van der Waals surface area contributed by atoms with Crippen LogP contribution in [-0.4, -0.2) is 15.6 Å². The second-order valence-corrected chi connectivity index (χ2v) is 5.68. The van der Waals surface area contributed by atoms with E-state index < -0.39 is 5.97 Å². The first-order chi connectivity index (χ1) is 11.6. The molecule has 0 fully saturated rings. The summed E-state index contributed by atoms with van der Waals surface area (Å²) >= 11 is 6.18. The molecule has 0 radical (unpaired) electrons. The highest BCUT2D eigenvalue weighted by Crippen LogP contribution is 2.29. The van der Waals surface area contributed by atoms with Gasteiger partial charge in [-0.3, -0.25) is 4.79 Å². The fourth-order valence-corrected chi connectivity index (χ4v) is 2.91. The molecule has 4 nitrogen and oxygen atoms in total.